The first-order valence-corrected chi connectivity index (χ1v) is 9.34. The Kier molecular flexibility index (Phi) is 5.22. The van der Waals surface area contributed by atoms with Crippen molar-refractivity contribution >= 4 is 29.1 Å². The fourth-order valence-corrected chi connectivity index (χ4v) is 3.38. The molecule has 0 spiro atoms. The number of carbonyl (C=O) groups excluding carboxylic acids is 1. The van der Waals surface area contributed by atoms with Gasteiger partial charge in [-0.25, -0.2) is 9.78 Å². The molecular formula is C21H19ClN4O3. The normalized spacial score (nSPS) is 13.3. The Morgan fingerprint density at radius 2 is 1.76 bits per heavy atom. The van der Waals surface area contributed by atoms with Gasteiger partial charge in [0, 0.05) is 30.0 Å². The van der Waals surface area contributed by atoms with E-state index in [4.69, 9.17) is 21.1 Å². The van der Waals surface area contributed by atoms with Gasteiger partial charge in [-0.3, -0.25) is 9.80 Å². The fraction of sp³-hybridized carbons (Fsp3) is 0.190. The molecule has 3 aromatic rings. The second kappa shape index (κ2) is 7.97. The molecule has 2 heterocycles. The number of hydrogen-bond acceptors (Lipinski definition) is 5. The van der Waals surface area contributed by atoms with Crippen molar-refractivity contribution in [3.63, 3.8) is 0 Å². The topological polar surface area (TPSA) is 67.8 Å². The number of carbonyl (C=O) groups is 1. The molecule has 1 aliphatic heterocycles. The standard InChI is InChI=1S/C21H19ClN4O3/c1-28-17-8-16(9-18(10-17)29-2)25-13-15-11-23-20(22)24-19(15)26(21(25)27)12-14-6-4-3-5-7-14/h3-11H,12-13H2,1-2H3. The van der Waals surface area contributed by atoms with Crippen LogP contribution in [-0.2, 0) is 13.1 Å². The molecule has 29 heavy (non-hydrogen) atoms. The molecule has 0 saturated heterocycles. The van der Waals surface area contributed by atoms with Crippen LogP contribution in [0, 0.1) is 0 Å². The maximum absolute atomic E-state index is 13.5. The van der Waals surface area contributed by atoms with Crippen LogP contribution in [0.15, 0.2) is 54.7 Å². The third kappa shape index (κ3) is 3.82. The molecule has 0 aliphatic carbocycles. The number of methoxy groups -OCH3 is 2. The molecule has 2 aromatic carbocycles. The summed E-state index contributed by atoms with van der Waals surface area (Å²) >= 11 is 6.02. The Labute approximate surface area is 173 Å². The van der Waals surface area contributed by atoms with Gasteiger partial charge in [-0.1, -0.05) is 30.3 Å². The fourth-order valence-electron chi connectivity index (χ4n) is 3.25. The quantitative estimate of drug-likeness (QED) is 0.587. The van der Waals surface area contributed by atoms with Crippen molar-refractivity contribution in [1.82, 2.24) is 9.97 Å². The number of amides is 2. The minimum atomic E-state index is -0.216. The monoisotopic (exact) mass is 410 g/mol. The van der Waals surface area contributed by atoms with Crippen LogP contribution in [0.2, 0.25) is 5.28 Å². The zero-order chi connectivity index (χ0) is 20.4. The molecule has 4 rings (SSSR count). The summed E-state index contributed by atoms with van der Waals surface area (Å²) in [6, 6.07) is 14.9. The van der Waals surface area contributed by atoms with Crippen LogP contribution in [0.1, 0.15) is 11.1 Å². The second-order valence-corrected chi connectivity index (χ2v) is 6.84. The lowest BCUT2D eigenvalue weighted by Gasteiger charge is -2.36. The van der Waals surface area contributed by atoms with Crippen molar-refractivity contribution in [3.05, 3.63) is 71.1 Å². The molecule has 1 aromatic heterocycles. The van der Waals surface area contributed by atoms with E-state index in [1.807, 2.05) is 30.3 Å². The summed E-state index contributed by atoms with van der Waals surface area (Å²) in [6.07, 6.45) is 1.65. The molecular weight excluding hydrogens is 392 g/mol. The van der Waals surface area contributed by atoms with Crippen molar-refractivity contribution < 1.29 is 14.3 Å². The molecule has 0 bridgehead atoms. The lowest BCUT2D eigenvalue weighted by Crippen LogP contribution is -2.47. The molecule has 2 amide bonds. The smallest absolute Gasteiger partial charge is 0.330 e. The van der Waals surface area contributed by atoms with Crippen LogP contribution in [0.5, 0.6) is 11.5 Å². The molecule has 1 aliphatic rings. The maximum atomic E-state index is 13.5. The molecule has 0 N–H and O–H groups in total. The molecule has 0 fully saturated rings. The van der Waals surface area contributed by atoms with Gasteiger partial charge in [0.15, 0.2) is 0 Å². The molecule has 8 heteroatoms. The largest absolute Gasteiger partial charge is 0.497 e. The van der Waals surface area contributed by atoms with E-state index in [1.165, 1.54) is 0 Å². The third-order valence-electron chi connectivity index (χ3n) is 4.69. The van der Waals surface area contributed by atoms with Gasteiger partial charge in [0.1, 0.15) is 17.3 Å². The van der Waals surface area contributed by atoms with Crippen LogP contribution in [0.3, 0.4) is 0 Å². The number of benzene rings is 2. The van der Waals surface area contributed by atoms with E-state index in [0.717, 1.165) is 11.1 Å². The highest BCUT2D eigenvalue weighted by Crippen LogP contribution is 2.35. The number of halogens is 1. The highest BCUT2D eigenvalue weighted by molar-refractivity contribution is 6.28. The van der Waals surface area contributed by atoms with E-state index in [-0.39, 0.29) is 11.3 Å². The highest BCUT2D eigenvalue weighted by atomic mass is 35.5. The van der Waals surface area contributed by atoms with Crippen LogP contribution < -0.4 is 19.3 Å². The molecule has 148 valence electrons. The van der Waals surface area contributed by atoms with Crippen molar-refractivity contribution in [3.8, 4) is 11.5 Å². The summed E-state index contributed by atoms with van der Waals surface area (Å²) in [5.74, 6) is 1.71. The number of urea groups is 1. The first kappa shape index (κ1) is 19.0. The van der Waals surface area contributed by atoms with Gasteiger partial charge in [-0.05, 0) is 17.2 Å². The number of nitrogens with zero attached hydrogens (tertiary/aromatic N) is 4. The second-order valence-electron chi connectivity index (χ2n) is 6.50. The van der Waals surface area contributed by atoms with Gasteiger partial charge in [-0.15, -0.1) is 0 Å². The van der Waals surface area contributed by atoms with Crippen LogP contribution in [0.4, 0.5) is 16.3 Å². The average Bonchev–Trinajstić information content (AvgIpc) is 2.76. The lowest BCUT2D eigenvalue weighted by atomic mass is 10.1. The predicted molar refractivity (Wildman–Crippen MR) is 111 cm³/mol. The first-order chi connectivity index (χ1) is 14.1. The average molecular weight is 411 g/mol. The van der Waals surface area contributed by atoms with E-state index in [9.17, 15) is 4.79 Å². The number of hydrogen-bond donors (Lipinski definition) is 0. The Hall–Kier alpha value is -3.32. The van der Waals surface area contributed by atoms with Crippen LogP contribution >= 0.6 is 11.6 Å². The Bertz CT molecular complexity index is 1020. The van der Waals surface area contributed by atoms with Gasteiger partial charge in [-0.2, -0.15) is 4.98 Å². The van der Waals surface area contributed by atoms with Gasteiger partial charge in [0.2, 0.25) is 5.28 Å². The van der Waals surface area contributed by atoms with E-state index < -0.39 is 0 Å². The number of ether oxygens (including phenoxy) is 2. The van der Waals surface area contributed by atoms with Gasteiger partial charge in [0.05, 0.1) is 33.0 Å². The summed E-state index contributed by atoms with van der Waals surface area (Å²) in [4.78, 5) is 25.1. The minimum Gasteiger partial charge on any atom is -0.497 e. The van der Waals surface area contributed by atoms with Gasteiger partial charge >= 0.3 is 6.03 Å². The number of fused-ring (bicyclic) bond motifs is 1. The van der Waals surface area contributed by atoms with Crippen molar-refractivity contribution in [1.29, 1.82) is 0 Å². The Morgan fingerprint density at radius 3 is 2.41 bits per heavy atom. The number of rotatable bonds is 5. The molecule has 0 radical (unpaired) electrons. The van der Waals surface area contributed by atoms with E-state index in [0.29, 0.717) is 36.1 Å². The zero-order valence-electron chi connectivity index (χ0n) is 16.0. The van der Waals surface area contributed by atoms with Gasteiger partial charge in [0.25, 0.3) is 0 Å². The lowest BCUT2D eigenvalue weighted by molar-refractivity contribution is 0.249. The van der Waals surface area contributed by atoms with Crippen LogP contribution in [0.25, 0.3) is 0 Å². The van der Waals surface area contributed by atoms with E-state index in [1.54, 1.807) is 48.4 Å². The Balaban J connectivity index is 1.78. The minimum absolute atomic E-state index is 0.103. The Morgan fingerprint density at radius 1 is 1.07 bits per heavy atom. The predicted octanol–water partition coefficient (Wildman–Crippen LogP) is 4.29. The summed E-state index contributed by atoms with van der Waals surface area (Å²) in [5, 5.41) is 0.103. The SMILES string of the molecule is COc1cc(OC)cc(N2Cc3cnc(Cl)nc3N(Cc3ccccc3)C2=O)c1. The summed E-state index contributed by atoms with van der Waals surface area (Å²) in [5.41, 5.74) is 2.43. The number of aromatic nitrogens is 2. The van der Waals surface area contributed by atoms with Crippen LogP contribution in [-0.4, -0.2) is 30.2 Å². The molecule has 0 unspecified atom stereocenters. The number of anilines is 2. The van der Waals surface area contributed by atoms with Crippen molar-refractivity contribution in [2.45, 2.75) is 13.1 Å². The maximum Gasteiger partial charge on any atom is 0.330 e. The van der Waals surface area contributed by atoms with Crippen molar-refractivity contribution in [2.24, 2.45) is 0 Å². The molecule has 7 nitrogen and oxygen atoms in total. The third-order valence-corrected chi connectivity index (χ3v) is 4.87. The molecule has 0 saturated carbocycles. The summed E-state index contributed by atoms with van der Waals surface area (Å²) in [6.45, 7) is 0.671. The summed E-state index contributed by atoms with van der Waals surface area (Å²) in [7, 11) is 3.15. The zero-order valence-corrected chi connectivity index (χ0v) is 16.8. The van der Waals surface area contributed by atoms with Gasteiger partial charge < -0.3 is 9.47 Å². The molecule has 0 atom stereocenters. The van der Waals surface area contributed by atoms with E-state index >= 15 is 0 Å². The first-order valence-electron chi connectivity index (χ1n) is 8.96. The highest BCUT2D eigenvalue weighted by Gasteiger charge is 2.33. The summed E-state index contributed by atoms with van der Waals surface area (Å²) < 4.78 is 10.7. The van der Waals surface area contributed by atoms with E-state index in [2.05, 4.69) is 9.97 Å². The van der Waals surface area contributed by atoms with Crippen molar-refractivity contribution in [2.75, 3.05) is 24.0 Å².